The average Bonchev–Trinajstić information content (AvgIpc) is 3.26. The maximum absolute atomic E-state index is 16.2. The SMILES string of the molecule is COc1ccccc1Cc1cnc(C2(F)CN(C(=O)c3ccc(Br)c(Cl)c3)CCS2(=O)=O)s1. The van der Waals surface area contributed by atoms with Gasteiger partial charge in [0.1, 0.15) is 10.8 Å². The molecular formula is C22H19BrClFN2O4S2. The summed E-state index contributed by atoms with van der Waals surface area (Å²) < 4.78 is 47.7. The van der Waals surface area contributed by atoms with E-state index < -0.39 is 33.0 Å². The van der Waals surface area contributed by atoms with Crippen molar-refractivity contribution in [3.8, 4) is 5.75 Å². The Labute approximate surface area is 208 Å². The zero-order valence-electron chi connectivity index (χ0n) is 17.4. The van der Waals surface area contributed by atoms with E-state index in [1.807, 2.05) is 24.3 Å². The van der Waals surface area contributed by atoms with Crippen LogP contribution in [0.5, 0.6) is 5.75 Å². The second-order valence-corrected chi connectivity index (χ2v) is 12.2. The fraction of sp³-hybridized carbons (Fsp3) is 0.273. The number of hydrogen-bond donors (Lipinski definition) is 0. The number of methoxy groups -OCH3 is 1. The summed E-state index contributed by atoms with van der Waals surface area (Å²) in [5.41, 5.74) is 1.12. The number of halogens is 3. The Morgan fingerprint density at radius 2 is 2.09 bits per heavy atom. The number of alkyl halides is 1. The van der Waals surface area contributed by atoms with Gasteiger partial charge in [0.25, 0.3) is 10.9 Å². The van der Waals surface area contributed by atoms with Crippen LogP contribution in [0.2, 0.25) is 5.02 Å². The van der Waals surface area contributed by atoms with Crippen LogP contribution in [0.3, 0.4) is 0 Å². The minimum Gasteiger partial charge on any atom is -0.496 e. The van der Waals surface area contributed by atoms with E-state index in [1.165, 1.54) is 17.2 Å². The minimum atomic E-state index is -4.18. The van der Waals surface area contributed by atoms with Crippen molar-refractivity contribution in [2.45, 2.75) is 11.4 Å². The van der Waals surface area contributed by atoms with Crippen molar-refractivity contribution >= 4 is 54.6 Å². The van der Waals surface area contributed by atoms with Gasteiger partial charge >= 0.3 is 0 Å². The van der Waals surface area contributed by atoms with Crippen LogP contribution in [0.25, 0.3) is 0 Å². The van der Waals surface area contributed by atoms with Crippen LogP contribution in [0, 0.1) is 0 Å². The summed E-state index contributed by atoms with van der Waals surface area (Å²) >= 11 is 10.3. The smallest absolute Gasteiger partial charge is 0.278 e. The fourth-order valence-corrected chi connectivity index (χ4v) is 6.89. The van der Waals surface area contributed by atoms with Crippen molar-refractivity contribution < 1.29 is 22.3 Å². The van der Waals surface area contributed by atoms with Gasteiger partial charge in [-0.25, -0.2) is 17.8 Å². The van der Waals surface area contributed by atoms with Crippen molar-refractivity contribution in [3.63, 3.8) is 0 Å². The van der Waals surface area contributed by atoms with E-state index in [0.717, 1.165) is 16.9 Å². The summed E-state index contributed by atoms with van der Waals surface area (Å²) in [7, 11) is -2.62. The monoisotopic (exact) mass is 572 g/mol. The first-order chi connectivity index (χ1) is 15.6. The molecule has 1 aliphatic heterocycles. The molecule has 2 aromatic carbocycles. The molecule has 6 nitrogen and oxygen atoms in total. The van der Waals surface area contributed by atoms with Gasteiger partial charge in [0.15, 0.2) is 9.84 Å². The zero-order chi connectivity index (χ0) is 23.8. The number of sulfone groups is 1. The highest BCUT2D eigenvalue weighted by molar-refractivity contribution is 9.10. The van der Waals surface area contributed by atoms with Crippen molar-refractivity contribution in [2.75, 3.05) is 26.0 Å². The van der Waals surface area contributed by atoms with E-state index in [4.69, 9.17) is 16.3 Å². The number of aromatic nitrogens is 1. The van der Waals surface area contributed by atoms with Crippen LogP contribution >= 0.6 is 38.9 Å². The van der Waals surface area contributed by atoms with Gasteiger partial charge in [-0.2, -0.15) is 0 Å². The van der Waals surface area contributed by atoms with E-state index in [-0.39, 0.29) is 17.1 Å². The molecule has 1 aromatic heterocycles. The van der Waals surface area contributed by atoms with Gasteiger partial charge < -0.3 is 9.64 Å². The highest BCUT2D eigenvalue weighted by atomic mass is 79.9. The topological polar surface area (TPSA) is 76.6 Å². The molecule has 2 heterocycles. The Balaban J connectivity index is 1.61. The molecule has 0 aliphatic carbocycles. The third kappa shape index (κ3) is 4.66. The molecule has 0 N–H and O–H groups in total. The van der Waals surface area contributed by atoms with Gasteiger partial charge in [0.05, 0.1) is 24.4 Å². The third-order valence-corrected chi connectivity index (χ3v) is 9.93. The number of rotatable bonds is 5. The summed E-state index contributed by atoms with van der Waals surface area (Å²) in [6.45, 7) is -0.747. The largest absolute Gasteiger partial charge is 0.496 e. The number of hydrogen-bond acceptors (Lipinski definition) is 6. The molecular weight excluding hydrogens is 555 g/mol. The summed E-state index contributed by atoms with van der Waals surface area (Å²) in [4.78, 5) is 19.0. The van der Waals surface area contributed by atoms with Crippen LogP contribution in [0.15, 0.2) is 53.1 Å². The van der Waals surface area contributed by atoms with Crippen molar-refractivity contribution in [3.05, 3.63) is 79.2 Å². The lowest BCUT2D eigenvalue weighted by molar-refractivity contribution is 0.0666. The van der Waals surface area contributed by atoms with Gasteiger partial charge in [-0.3, -0.25) is 4.79 Å². The lowest BCUT2D eigenvalue weighted by atomic mass is 10.1. The number of para-hydroxylation sites is 1. The number of carbonyl (C=O) groups is 1. The van der Waals surface area contributed by atoms with E-state index in [0.29, 0.717) is 26.5 Å². The molecule has 0 spiro atoms. The molecule has 1 fully saturated rings. The molecule has 1 amide bonds. The van der Waals surface area contributed by atoms with Gasteiger partial charge in [-0.05, 0) is 45.8 Å². The number of benzene rings is 2. The molecule has 33 heavy (non-hydrogen) atoms. The summed E-state index contributed by atoms with van der Waals surface area (Å²) in [6, 6.07) is 12.0. The summed E-state index contributed by atoms with van der Waals surface area (Å²) in [6.07, 6.45) is 1.89. The maximum atomic E-state index is 16.2. The standard InChI is InChI=1S/C22H19BrClFN2O4S2/c1-31-19-5-3-2-4-14(19)10-16-12-26-21(32-16)22(25)13-27(8-9-33(22,29)30)20(28)15-6-7-17(23)18(24)11-15/h2-7,11-12H,8-10,13H2,1H3. The van der Waals surface area contributed by atoms with Crippen LogP contribution < -0.4 is 4.74 Å². The third-order valence-electron chi connectivity index (χ3n) is 5.40. The van der Waals surface area contributed by atoms with Crippen LogP contribution in [0.1, 0.15) is 25.8 Å². The van der Waals surface area contributed by atoms with Crippen LogP contribution in [0.4, 0.5) is 4.39 Å². The first-order valence-electron chi connectivity index (χ1n) is 9.87. The molecule has 0 radical (unpaired) electrons. The summed E-state index contributed by atoms with van der Waals surface area (Å²) in [5, 5.41) is -2.64. The Bertz CT molecular complexity index is 1320. The number of ether oxygens (including phenoxy) is 1. The second-order valence-electron chi connectivity index (χ2n) is 7.52. The number of nitrogens with zero attached hydrogens (tertiary/aromatic N) is 2. The highest BCUT2D eigenvalue weighted by Crippen LogP contribution is 2.40. The first kappa shape index (κ1) is 24.1. The van der Waals surface area contributed by atoms with E-state index in [9.17, 15) is 13.2 Å². The second kappa shape index (κ2) is 9.32. The van der Waals surface area contributed by atoms with Crippen LogP contribution in [-0.2, 0) is 21.3 Å². The number of carbonyl (C=O) groups excluding carboxylic acids is 1. The quantitative estimate of drug-likeness (QED) is 0.436. The van der Waals surface area contributed by atoms with Gasteiger partial charge in [-0.1, -0.05) is 29.8 Å². The zero-order valence-corrected chi connectivity index (χ0v) is 21.4. The normalized spacial score (nSPS) is 19.9. The lowest BCUT2D eigenvalue weighted by Crippen LogP contribution is -2.53. The Morgan fingerprint density at radius 3 is 2.82 bits per heavy atom. The first-order valence-corrected chi connectivity index (χ1v) is 13.5. The van der Waals surface area contributed by atoms with Crippen molar-refractivity contribution in [1.82, 2.24) is 9.88 Å². The average molecular weight is 574 g/mol. The molecule has 11 heteroatoms. The maximum Gasteiger partial charge on any atom is 0.278 e. The molecule has 0 saturated carbocycles. The van der Waals surface area contributed by atoms with Gasteiger partial charge in [0.2, 0.25) is 0 Å². The fourth-order valence-electron chi connectivity index (χ4n) is 3.60. The molecule has 1 aliphatic rings. The van der Waals surface area contributed by atoms with Gasteiger partial charge in [-0.15, -0.1) is 11.3 Å². The lowest BCUT2D eigenvalue weighted by Gasteiger charge is -2.35. The Hall–Kier alpha value is -2.01. The van der Waals surface area contributed by atoms with Gasteiger partial charge in [0, 0.05) is 34.1 Å². The predicted octanol–water partition coefficient (Wildman–Crippen LogP) is 4.85. The molecule has 3 aromatic rings. The summed E-state index contributed by atoms with van der Waals surface area (Å²) in [5.74, 6) is -0.314. The van der Waals surface area contributed by atoms with E-state index in [1.54, 1.807) is 19.2 Å². The minimum absolute atomic E-state index is 0.111. The van der Waals surface area contributed by atoms with Crippen molar-refractivity contribution in [2.24, 2.45) is 0 Å². The molecule has 1 unspecified atom stereocenters. The Morgan fingerprint density at radius 1 is 1.33 bits per heavy atom. The molecule has 1 saturated heterocycles. The highest BCUT2D eigenvalue weighted by Gasteiger charge is 2.53. The molecule has 174 valence electrons. The molecule has 4 rings (SSSR count). The molecule has 1 atom stereocenters. The number of thiazole rings is 1. The molecule has 0 bridgehead atoms. The predicted molar refractivity (Wildman–Crippen MR) is 130 cm³/mol. The van der Waals surface area contributed by atoms with Crippen molar-refractivity contribution in [1.29, 1.82) is 0 Å². The van der Waals surface area contributed by atoms with E-state index >= 15 is 4.39 Å². The Kier molecular flexibility index (Phi) is 6.82. The van der Waals surface area contributed by atoms with Crippen LogP contribution in [-0.4, -0.2) is 50.2 Å². The van der Waals surface area contributed by atoms with E-state index in [2.05, 4.69) is 20.9 Å². The number of amides is 1.